The lowest BCUT2D eigenvalue weighted by Gasteiger charge is -2.02. The number of hydrogen-bond donors (Lipinski definition) is 0. The maximum atomic E-state index is 11.4. The first-order valence-electron chi connectivity index (χ1n) is 3.70. The first-order valence-corrected chi connectivity index (χ1v) is 5.29. The van der Waals surface area contributed by atoms with Gasteiger partial charge in [0.25, 0.3) is 0 Å². The zero-order valence-electron chi connectivity index (χ0n) is 6.23. The normalized spacial score (nSPS) is 15.0. The van der Waals surface area contributed by atoms with E-state index in [-0.39, 0.29) is 5.78 Å². The summed E-state index contributed by atoms with van der Waals surface area (Å²) in [7, 11) is 0. The fraction of sp³-hybridized carbons (Fsp3) is 0.222. The van der Waals surface area contributed by atoms with Crippen LogP contribution in [0.3, 0.4) is 0 Å². The maximum Gasteiger partial charge on any atom is 0.164 e. The number of Topliss-reactive ketones (excluding diaryl/α,β-unsaturated/α-hetero) is 1. The molecule has 0 saturated carbocycles. The van der Waals surface area contributed by atoms with E-state index in [1.165, 1.54) is 0 Å². The van der Waals surface area contributed by atoms with Gasteiger partial charge in [0.05, 0.1) is 0 Å². The lowest BCUT2D eigenvalue weighted by atomic mass is 10.1. The number of hydrogen-bond acceptors (Lipinski definition) is 1. The van der Waals surface area contributed by atoms with Gasteiger partial charge < -0.3 is 0 Å². The second kappa shape index (κ2) is 2.96. The third-order valence-corrected chi connectivity index (χ3v) is 3.49. The van der Waals surface area contributed by atoms with Crippen molar-refractivity contribution in [3.8, 4) is 0 Å². The number of carbonyl (C=O) groups is 1. The summed E-state index contributed by atoms with van der Waals surface area (Å²) in [5.74, 6) is 0.248. The third kappa shape index (κ3) is 1.15. The molecular formula is C9H6Br2O. The van der Waals surface area contributed by atoms with Crippen molar-refractivity contribution < 1.29 is 4.79 Å². The van der Waals surface area contributed by atoms with Crippen molar-refractivity contribution >= 4 is 37.6 Å². The molecule has 1 aromatic carbocycles. The van der Waals surface area contributed by atoms with E-state index < -0.39 is 0 Å². The molecule has 0 aromatic heterocycles. The Labute approximate surface area is 87.4 Å². The van der Waals surface area contributed by atoms with Crippen molar-refractivity contribution in [1.82, 2.24) is 0 Å². The van der Waals surface area contributed by atoms with Gasteiger partial charge in [-0.05, 0) is 24.1 Å². The molecule has 1 aromatic rings. The molecule has 0 N–H and O–H groups in total. The predicted octanol–water partition coefficient (Wildman–Crippen LogP) is 3.34. The highest BCUT2D eigenvalue weighted by Crippen LogP contribution is 2.34. The Morgan fingerprint density at radius 2 is 1.75 bits per heavy atom. The van der Waals surface area contributed by atoms with E-state index in [9.17, 15) is 4.79 Å². The van der Waals surface area contributed by atoms with Gasteiger partial charge in [-0.2, -0.15) is 0 Å². The molecule has 1 aliphatic rings. The minimum Gasteiger partial charge on any atom is -0.294 e. The van der Waals surface area contributed by atoms with Crippen LogP contribution in [0.15, 0.2) is 21.1 Å². The molecule has 0 amide bonds. The average Bonchev–Trinajstić information content (AvgIpc) is 2.42. The summed E-state index contributed by atoms with van der Waals surface area (Å²) in [5.41, 5.74) is 2.01. The van der Waals surface area contributed by atoms with Crippen molar-refractivity contribution in [3.05, 3.63) is 32.2 Å². The molecule has 3 heteroatoms. The minimum atomic E-state index is 0.248. The van der Waals surface area contributed by atoms with Crippen LogP contribution in [-0.2, 0) is 6.42 Å². The van der Waals surface area contributed by atoms with Gasteiger partial charge in [-0.25, -0.2) is 0 Å². The molecule has 0 radical (unpaired) electrons. The zero-order valence-corrected chi connectivity index (χ0v) is 9.41. The summed E-state index contributed by atoms with van der Waals surface area (Å²) in [6, 6.07) is 3.88. The van der Waals surface area contributed by atoms with Crippen LogP contribution in [0.2, 0.25) is 0 Å². The Morgan fingerprint density at radius 1 is 1.08 bits per heavy atom. The van der Waals surface area contributed by atoms with Crippen LogP contribution in [-0.4, -0.2) is 5.78 Å². The molecule has 0 fully saturated rings. The van der Waals surface area contributed by atoms with Crippen LogP contribution < -0.4 is 0 Å². The topological polar surface area (TPSA) is 17.1 Å². The second-order valence-electron chi connectivity index (χ2n) is 2.81. The van der Waals surface area contributed by atoms with Crippen molar-refractivity contribution in [3.63, 3.8) is 0 Å². The van der Waals surface area contributed by atoms with E-state index in [1.807, 2.05) is 12.1 Å². The maximum absolute atomic E-state index is 11.4. The first kappa shape index (κ1) is 8.45. The van der Waals surface area contributed by atoms with E-state index in [4.69, 9.17) is 0 Å². The van der Waals surface area contributed by atoms with Gasteiger partial charge >= 0.3 is 0 Å². The number of carbonyl (C=O) groups excluding carboxylic acids is 1. The third-order valence-electron chi connectivity index (χ3n) is 2.09. The molecule has 1 nitrogen and oxygen atoms in total. The number of fused-ring (bicyclic) bond motifs is 1. The molecule has 62 valence electrons. The van der Waals surface area contributed by atoms with Crippen LogP contribution in [0, 0.1) is 0 Å². The molecule has 0 aliphatic heterocycles. The fourth-order valence-corrected chi connectivity index (χ4v) is 2.62. The van der Waals surface area contributed by atoms with Gasteiger partial charge in [-0.1, -0.05) is 31.9 Å². The number of ketones is 1. The summed E-state index contributed by atoms with van der Waals surface area (Å²) in [6.07, 6.45) is 1.52. The highest BCUT2D eigenvalue weighted by atomic mass is 79.9. The molecule has 12 heavy (non-hydrogen) atoms. The number of benzene rings is 1. The second-order valence-corrected chi connectivity index (χ2v) is 4.51. The summed E-state index contributed by atoms with van der Waals surface area (Å²) < 4.78 is 1.97. The summed E-state index contributed by atoms with van der Waals surface area (Å²) >= 11 is 6.82. The quantitative estimate of drug-likeness (QED) is 0.716. The highest BCUT2D eigenvalue weighted by Gasteiger charge is 2.23. The van der Waals surface area contributed by atoms with E-state index in [0.29, 0.717) is 6.42 Å². The van der Waals surface area contributed by atoms with Crippen molar-refractivity contribution in [2.24, 2.45) is 0 Å². The van der Waals surface area contributed by atoms with Gasteiger partial charge in [0.2, 0.25) is 0 Å². The molecule has 0 bridgehead atoms. The summed E-state index contributed by atoms with van der Waals surface area (Å²) in [4.78, 5) is 11.4. The van der Waals surface area contributed by atoms with Gasteiger partial charge in [-0.15, -0.1) is 0 Å². The Bertz CT molecular complexity index is 358. The van der Waals surface area contributed by atoms with Crippen LogP contribution in [0.5, 0.6) is 0 Å². The lowest BCUT2D eigenvalue weighted by molar-refractivity contribution is 0.0994. The summed E-state index contributed by atoms with van der Waals surface area (Å²) in [5, 5.41) is 0. The number of rotatable bonds is 0. The minimum absolute atomic E-state index is 0.248. The largest absolute Gasteiger partial charge is 0.294 e. The standard InChI is InChI=1S/C9H6Br2O/c10-6-2-3-7(11)9-5(6)1-4-8(9)12/h2-3H,1,4H2. The Hall–Kier alpha value is -0.150. The lowest BCUT2D eigenvalue weighted by Crippen LogP contribution is -1.92. The molecule has 0 atom stereocenters. The Balaban J connectivity index is 2.72. The molecule has 0 spiro atoms. The van der Waals surface area contributed by atoms with Crippen molar-refractivity contribution in [2.45, 2.75) is 12.8 Å². The van der Waals surface area contributed by atoms with Gasteiger partial charge in [0.1, 0.15) is 0 Å². The van der Waals surface area contributed by atoms with Gasteiger partial charge in [-0.3, -0.25) is 4.79 Å². The zero-order chi connectivity index (χ0) is 8.72. The van der Waals surface area contributed by atoms with Gasteiger partial charge in [0, 0.05) is 20.9 Å². The van der Waals surface area contributed by atoms with Crippen molar-refractivity contribution in [2.75, 3.05) is 0 Å². The number of halogens is 2. The molecule has 0 unspecified atom stereocenters. The molecule has 1 aliphatic carbocycles. The monoisotopic (exact) mass is 288 g/mol. The Kier molecular flexibility index (Phi) is 2.09. The smallest absolute Gasteiger partial charge is 0.164 e. The molecule has 0 saturated heterocycles. The van der Waals surface area contributed by atoms with E-state index in [1.54, 1.807) is 0 Å². The first-order chi connectivity index (χ1) is 5.70. The Morgan fingerprint density at radius 3 is 2.42 bits per heavy atom. The highest BCUT2D eigenvalue weighted by molar-refractivity contribution is 9.11. The van der Waals surface area contributed by atoms with E-state index >= 15 is 0 Å². The fourth-order valence-electron chi connectivity index (χ4n) is 1.50. The SMILES string of the molecule is O=C1CCc2c(Br)ccc(Br)c21. The van der Waals surface area contributed by atoms with Crippen LogP contribution in [0.4, 0.5) is 0 Å². The molecular weight excluding hydrogens is 284 g/mol. The molecule has 0 heterocycles. The van der Waals surface area contributed by atoms with Crippen LogP contribution in [0.1, 0.15) is 22.3 Å². The molecule has 2 rings (SSSR count). The predicted molar refractivity (Wildman–Crippen MR) is 54.5 cm³/mol. The summed E-state index contributed by atoms with van der Waals surface area (Å²) in [6.45, 7) is 0. The van der Waals surface area contributed by atoms with E-state index in [0.717, 1.165) is 26.5 Å². The van der Waals surface area contributed by atoms with E-state index in [2.05, 4.69) is 31.9 Å². The van der Waals surface area contributed by atoms with Crippen molar-refractivity contribution in [1.29, 1.82) is 0 Å². The van der Waals surface area contributed by atoms with Crippen LogP contribution >= 0.6 is 31.9 Å². The van der Waals surface area contributed by atoms with Crippen LogP contribution in [0.25, 0.3) is 0 Å². The average molecular weight is 290 g/mol. The van der Waals surface area contributed by atoms with Gasteiger partial charge in [0.15, 0.2) is 5.78 Å².